The summed E-state index contributed by atoms with van der Waals surface area (Å²) in [5.74, 6) is -0.785. The number of nitrogens with zero attached hydrogens (tertiary/aromatic N) is 1. The van der Waals surface area contributed by atoms with Gasteiger partial charge in [-0.3, -0.25) is 9.78 Å². The first-order valence-corrected chi connectivity index (χ1v) is 5.23. The van der Waals surface area contributed by atoms with Crippen molar-refractivity contribution in [2.24, 2.45) is 0 Å². The number of carbonyl (C=O) groups is 1. The van der Waals surface area contributed by atoms with Crippen molar-refractivity contribution in [1.82, 2.24) is 4.98 Å². The highest BCUT2D eigenvalue weighted by Crippen LogP contribution is 2.21. The number of aromatic nitrogens is 1. The van der Waals surface area contributed by atoms with Crippen LogP contribution in [0.4, 0.5) is 0 Å². The average molecular weight is 215 g/mol. The number of aliphatic carboxylic acids is 1. The molecule has 0 unspecified atom stereocenters. The summed E-state index contributed by atoms with van der Waals surface area (Å²) in [6.07, 6.45) is 2.34. The van der Waals surface area contributed by atoms with Crippen molar-refractivity contribution in [3.05, 3.63) is 41.7 Å². The topological polar surface area (TPSA) is 50.2 Å². The number of hydrogen-bond acceptors (Lipinski definition) is 2. The summed E-state index contributed by atoms with van der Waals surface area (Å²) in [6.45, 7) is 2.02. The fraction of sp³-hybridized carbons (Fsp3) is 0.231. The highest BCUT2D eigenvalue weighted by atomic mass is 16.4. The molecule has 0 bridgehead atoms. The van der Waals surface area contributed by atoms with Crippen LogP contribution >= 0.6 is 0 Å². The van der Waals surface area contributed by atoms with E-state index in [2.05, 4.69) is 4.98 Å². The third-order valence-electron chi connectivity index (χ3n) is 2.65. The molecule has 0 saturated heterocycles. The van der Waals surface area contributed by atoms with E-state index < -0.39 is 5.97 Å². The Morgan fingerprint density at radius 1 is 1.38 bits per heavy atom. The van der Waals surface area contributed by atoms with Crippen LogP contribution in [-0.4, -0.2) is 16.1 Å². The van der Waals surface area contributed by atoms with Crippen molar-refractivity contribution in [1.29, 1.82) is 0 Å². The number of carboxylic acid groups (broad SMARTS) is 1. The second-order valence-electron chi connectivity index (χ2n) is 3.82. The minimum Gasteiger partial charge on any atom is -0.481 e. The third-order valence-corrected chi connectivity index (χ3v) is 2.65. The lowest BCUT2D eigenvalue weighted by Gasteiger charge is -2.06. The van der Waals surface area contributed by atoms with Crippen LogP contribution in [-0.2, 0) is 11.2 Å². The van der Waals surface area contributed by atoms with E-state index in [9.17, 15) is 4.79 Å². The second-order valence-corrected chi connectivity index (χ2v) is 3.82. The highest BCUT2D eigenvalue weighted by molar-refractivity contribution is 5.87. The first-order chi connectivity index (χ1) is 7.68. The van der Waals surface area contributed by atoms with E-state index >= 15 is 0 Å². The summed E-state index contributed by atoms with van der Waals surface area (Å²) in [4.78, 5) is 14.8. The molecule has 0 fully saturated rings. The zero-order chi connectivity index (χ0) is 11.5. The van der Waals surface area contributed by atoms with Crippen LogP contribution in [0.5, 0.6) is 0 Å². The van der Waals surface area contributed by atoms with E-state index in [1.54, 1.807) is 6.20 Å². The molecule has 3 heteroatoms. The van der Waals surface area contributed by atoms with Crippen molar-refractivity contribution in [3.8, 4) is 0 Å². The van der Waals surface area contributed by atoms with E-state index in [4.69, 9.17) is 5.11 Å². The number of fused-ring (bicyclic) bond motifs is 1. The Labute approximate surface area is 93.7 Å². The highest BCUT2D eigenvalue weighted by Gasteiger charge is 2.06. The second kappa shape index (κ2) is 4.31. The van der Waals surface area contributed by atoms with Gasteiger partial charge in [-0.2, -0.15) is 0 Å². The number of benzene rings is 1. The molecule has 0 aliphatic heterocycles. The Hall–Kier alpha value is -1.90. The lowest BCUT2D eigenvalue weighted by molar-refractivity contribution is -0.136. The van der Waals surface area contributed by atoms with E-state index in [1.807, 2.05) is 31.2 Å². The molecule has 0 atom stereocenters. The summed E-state index contributed by atoms with van der Waals surface area (Å²) in [5, 5.41) is 10.9. The molecule has 0 aliphatic carbocycles. The quantitative estimate of drug-likeness (QED) is 0.856. The normalized spacial score (nSPS) is 10.6. The molecule has 3 nitrogen and oxygen atoms in total. The minimum absolute atomic E-state index is 0.125. The molecule has 2 aromatic rings. The first-order valence-electron chi connectivity index (χ1n) is 5.23. The van der Waals surface area contributed by atoms with E-state index in [0.717, 1.165) is 22.0 Å². The van der Waals surface area contributed by atoms with Crippen LogP contribution in [0.25, 0.3) is 10.8 Å². The molecular formula is C13H13NO2. The van der Waals surface area contributed by atoms with Gasteiger partial charge in [-0.1, -0.05) is 18.2 Å². The maximum absolute atomic E-state index is 10.6. The van der Waals surface area contributed by atoms with Crippen molar-refractivity contribution >= 4 is 16.7 Å². The lowest BCUT2D eigenvalue weighted by Crippen LogP contribution is -2.00. The maximum atomic E-state index is 10.6. The van der Waals surface area contributed by atoms with E-state index in [-0.39, 0.29) is 6.42 Å². The van der Waals surface area contributed by atoms with Gasteiger partial charge in [-0.05, 0) is 23.9 Å². The fourth-order valence-corrected chi connectivity index (χ4v) is 1.91. The van der Waals surface area contributed by atoms with E-state index in [1.165, 1.54) is 0 Å². The summed E-state index contributed by atoms with van der Waals surface area (Å²) >= 11 is 0. The SMILES string of the molecule is Cc1cccc2ccnc(CCC(=O)O)c12. The molecular weight excluding hydrogens is 202 g/mol. The lowest BCUT2D eigenvalue weighted by atomic mass is 10.0. The minimum atomic E-state index is -0.785. The molecule has 82 valence electrons. The zero-order valence-electron chi connectivity index (χ0n) is 9.10. The summed E-state index contributed by atoms with van der Waals surface area (Å²) in [7, 11) is 0. The Balaban J connectivity index is 2.48. The Morgan fingerprint density at radius 2 is 2.19 bits per heavy atom. The number of rotatable bonds is 3. The first kappa shape index (κ1) is 10.6. The van der Waals surface area contributed by atoms with Crippen LogP contribution in [0, 0.1) is 6.92 Å². The molecule has 2 rings (SSSR count). The van der Waals surface area contributed by atoms with Gasteiger partial charge in [0.05, 0.1) is 6.42 Å². The van der Waals surface area contributed by atoms with Gasteiger partial charge >= 0.3 is 5.97 Å². The van der Waals surface area contributed by atoms with Gasteiger partial charge in [0.15, 0.2) is 0 Å². The maximum Gasteiger partial charge on any atom is 0.303 e. The molecule has 0 radical (unpaired) electrons. The summed E-state index contributed by atoms with van der Waals surface area (Å²) < 4.78 is 0. The van der Waals surface area contributed by atoms with Gasteiger partial charge in [0, 0.05) is 23.7 Å². The van der Waals surface area contributed by atoms with Gasteiger partial charge in [0.2, 0.25) is 0 Å². The Morgan fingerprint density at radius 3 is 2.94 bits per heavy atom. The fourth-order valence-electron chi connectivity index (χ4n) is 1.91. The molecule has 1 aromatic heterocycles. The Kier molecular flexibility index (Phi) is 2.86. The van der Waals surface area contributed by atoms with Crippen LogP contribution in [0.3, 0.4) is 0 Å². The molecule has 1 N–H and O–H groups in total. The number of pyridine rings is 1. The number of aryl methyl sites for hydroxylation is 2. The van der Waals surface area contributed by atoms with Crippen LogP contribution in [0.15, 0.2) is 30.5 Å². The number of carboxylic acids is 1. The third kappa shape index (κ3) is 2.03. The van der Waals surface area contributed by atoms with Gasteiger partial charge in [-0.25, -0.2) is 0 Å². The van der Waals surface area contributed by atoms with Crippen LogP contribution < -0.4 is 0 Å². The van der Waals surface area contributed by atoms with Crippen molar-refractivity contribution in [3.63, 3.8) is 0 Å². The molecule has 0 amide bonds. The largest absolute Gasteiger partial charge is 0.481 e. The monoisotopic (exact) mass is 215 g/mol. The van der Waals surface area contributed by atoms with Gasteiger partial charge in [0.1, 0.15) is 0 Å². The summed E-state index contributed by atoms with van der Waals surface area (Å²) in [5.41, 5.74) is 2.02. The molecule has 0 saturated carbocycles. The molecule has 0 aliphatic rings. The molecule has 1 aromatic carbocycles. The Bertz CT molecular complexity index is 529. The molecule has 0 spiro atoms. The van der Waals surface area contributed by atoms with Crippen molar-refractivity contribution in [2.75, 3.05) is 0 Å². The summed E-state index contributed by atoms with van der Waals surface area (Å²) in [6, 6.07) is 7.99. The van der Waals surface area contributed by atoms with Crippen molar-refractivity contribution < 1.29 is 9.90 Å². The van der Waals surface area contributed by atoms with E-state index in [0.29, 0.717) is 6.42 Å². The standard InChI is InChI=1S/C13H13NO2/c1-9-3-2-4-10-7-8-14-11(13(9)10)5-6-12(15)16/h2-4,7-8H,5-6H2,1H3,(H,15,16). The number of hydrogen-bond donors (Lipinski definition) is 1. The molecule has 16 heavy (non-hydrogen) atoms. The van der Waals surface area contributed by atoms with Crippen LogP contribution in [0.1, 0.15) is 17.7 Å². The van der Waals surface area contributed by atoms with Crippen molar-refractivity contribution in [2.45, 2.75) is 19.8 Å². The molecule has 1 heterocycles. The predicted molar refractivity (Wildman–Crippen MR) is 62.4 cm³/mol. The van der Waals surface area contributed by atoms with Gasteiger partial charge in [-0.15, -0.1) is 0 Å². The predicted octanol–water partition coefficient (Wildman–Crippen LogP) is 2.56. The van der Waals surface area contributed by atoms with Crippen LogP contribution in [0.2, 0.25) is 0 Å². The van der Waals surface area contributed by atoms with Gasteiger partial charge in [0.25, 0.3) is 0 Å². The average Bonchev–Trinajstić information content (AvgIpc) is 2.26. The zero-order valence-corrected chi connectivity index (χ0v) is 9.10. The van der Waals surface area contributed by atoms with Gasteiger partial charge < -0.3 is 5.11 Å². The smallest absolute Gasteiger partial charge is 0.303 e.